The van der Waals surface area contributed by atoms with Gasteiger partial charge in [0.05, 0.1) is 11.3 Å². The standard InChI is InChI=1S/C25H18F6N4O3/c1-15(17-3-2-4-18(13-17)24(26,27)28)37-23(36)33-19-7-5-16(6-8-19)22-32-14-35(34-22)20-9-11-21(12-10-20)38-25(29,30)31/h2-15H,1H3,(H,33,36). The highest BCUT2D eigenvalue weighted by Gasteiger charge is 2.31. The Labute approximate surface area is 211 Å². The molecule has 0 saturated heterocycles. The molecule has 13 heteroatoms. The molecule has 1 N–H and O–H groups in total. The van der Waals surface area contributed by atoms with Gasteiger partial charge in [-0.3, -0.25) is 5.32 Å². The van der Waals surface area contributed by atoms with Crippen LogP contribution in [0, 0.1) is 0 Å². The van der Waals surface area contributed by atoms with E-state index in [1.165, 1.54) is 42.2 Å². The average molecular weight is 536 g/mol. The zero-order chi connectivity index (χ0) is 27.5. The van der Waals surface area contributed by atoms with E-state index in [4.69, 9.17) is 4.74 Å². The summed E-state index contributed by atoms with van der Waals surface area (Å²) in [4.78, 5) is 16.4. The third-order valence-corrected chi connectivity index (χ3v) is 5.18. The third-order valence-electron chi connectivity index (χ3n) is 5.18. The number of hydrogen-bond acceptors (Lipinski definition) is 5. The molecular weight excluding hydrogens is 518 g/mol. The molecule has 4 rings (SSSR count). The number of anilines is 1. The summed E-state index contributed by atoms with van der Waals surface area (Å²) >= 11 is 0. The summed E-state index contributed by atoms with van der Waals surface area (Å²) in [6.07, 6.45) is -9.71. The first-order valence-electron chi connectivity index (χ1n) is 10.9. The first-order valence-corrected chi connectivity index (χ1v) is 10.9. The van der Waals surface area contributed by atoms with Gasteiger partial charge in [0, 0.05) is 11.3 Å². The Balaban J connectivity index is 1.36. The number of benzene rings is 3. The Morgan fingerprint density at radius 3 is 2.26 bits per heavy atom. The van der Waals surface area contributed by atoms with Crippen LogP contribution in [0.4, 0.5) is 36.8 Å². The van der Waals surface area contributed by atoms with Gasteiger partial charge in [-0.15, -0.1) is 18.3 Å². The first kappa shape index (κ1) is 26.5. The third kappa shape index (κ3) is 6.81. The number of nitrogens with one attached hydrogen (secondary N) is 1. The maximum atomic E-state index is 12.9. The van der Waals surface area contributed by atoms with Crippen molar-refractivity contribution in [2.45, 2.75) is 25.6 Å². The minimum Gasteiger partial charge on any atom is -0.441 e. The van der Waals surface area contributed by atoms with Crippen molar-refractivity contribution in [1.82, 2.24) is 14.8 Å². The van der Waals surface area contributed by atoms with E-state index in [1.54, 1.807) is 24.3 Å². The Morgan fingerprint density at radius 1 is 0.947 bits per heavy atom. The zero-order valence-corrected chi connectivity index (χ0v) is 19.4. The van der Waals surface area contributed by atoms with Gasteiger partial charge in [-0.1, -0.05) is 12.1 Å². The van der Waals surface area contributed by atoms with Crippen LogP contribution in [0.2, 0.25) is 0 Å². The van der Waals surface area contributed by atoms with E-state index < -0.39 is 30.3 Å². The van der Waals surface area contributed by atoms with Crippen molar-refractivity contribution in [2.24, 2.45) is 0 Å². The normalized spacial score (nSPS) is 12.6. The van der Waals surface area contributed by atoms with Gasteiger partial charge in [-0.2, -0.15) is 13.2 Å². The van der Waals surface area contributed by atoms with Crippen molar-refractivity contribution >= 4 is 11.8 Å². The van der Waals surface area contributed by atoms with Gasteiger partial charge in [-0.05, 0) is 73.2 Å². The van der Waals surface area contributed by atoms with E-state index in [1.807, 2.05) is 0 Å². The molecule has 7 nitrogen and oxygen atoms in total. The highest BCUT2D eigenvalue weighted by atomic mass is 19.4. The molecule has 0 aliphatic heterocycles. The maximum absolute atomic E-state index is 12.9. The number of amides is 1. The fraction of sp³-hybridized carbons (Fsp3) is 0.160. The predicted octanol–water partition coefficient (Wildman–Crippen LogP) is 7.16. The summed E-state index contributed by atoms with van der Waals surface area (Å²) in [6, 6.07) is 15.9. The van der Waals surface area contributed by atoms with Crippen LogP contribution in [-0.4, -0.2) is 27.2 Å². The summed E-state index contributed by atoms with van der Waals surface area (Å²) in [5.74, 6) is -0.0552. The van der Waals surface area contributed by atoms with Crippen molar-refractivity contribution in [1.29, 1.82) is 0 Å². The van der Waals surface area contributed by atoms with Crippen molar-refractivity contribution in [3.05, 3.63) is 90.3 Å². The molecule has 198 valence electrons. The fourth-order valence-corrected chi connectivity index (χ4v) is 3.37. The highest BCUT2D eigenvalue weighted by molar-refractivity contribution is 5.85. The predicted molar refractivity (Wildman–Crippen MR) is 123 cm³/mol. The smallest absolute Gasteiger partial charge is 0.441 e. The first-order chi connectivity index (χ1) is 17.9. The minimum absolute atomic E-state index is 0.189. The van der Waals surface area contributed by atoms with Crippen molar-refractivity contribution in [2.75, 3.05) is 5.32 Å². The average Bonchev–Trinajstić information content (AvgIpc) is 3.34. The van der Waals surface area contributed by atoms with Crippen LogP contribution in [0.25, 0.3) is 17.1 Å². The molecule has 4 aromatic rings. The lowest BCUT2D eigenvalue weighted by atomic mass is 10.1. The van der Waals surface area contributed by atoms with E-state index in [9.17, 15) is 31.1 Å². The van der Waals surface area contributed by atoms with Gasteiger partial charge < -0.3 is 9.47 Å². The summed E-state index contributed by atoms with van der Waals surface area (Å²) in [7, 11) is 0. The molecule has 0 bridgehead atoms. The molecule has 1 aromatic heterocycles. The van der Waals surface area contributed by atoms with Crippen molar-refractivity contribution < 1.29 is 40.6 Å². The number of hydrogen-bond donors (Lipinski definition) is 1. The number of aromatic nitrogens is 3. The lowest BCUT2D eigenvalue weighted by molar-refractivity contribution is -0.274. The Kier molecular flexibility index (Phi) is 7.28. The number of alkyl halides is 6. The quantitative estimate of drug-likeness (QED) is 0.265. The van der Waals surface area contributed by atoms with Gasteiger partial charge in [0.25, 0.3) is 0 Å². The second-order valence-electron chi connectivity index (χ2n) is 7.93. The molecule has 38 heavy (non-hydrogen) atoms. The minimum atomic E-state index is -4.79. The van der Waals surface area contributed by atoms with Gasteiger partial charge in [-0.25, -0.2) is 14.5 Å². The lowest BCUT2D eigenvalue weighted by Crippen LogP contribution is -2.17. The van der Waals surface area contributed by atoms with Crippen LogP contribution in [0.1, 0.15) is 24.2 Å². The van der Waals surface area contributed by atoms with E-state index in [0.29, 0.717) is 22.8 Å². The van der Waals surface area contributed by atoms with Crippen LogP contribution in [0.5, 0.6) is 5.75 Å². The Hall–Kier alpha value is -4.55. The number of carbonyl (C=O) groups is 1. The number of rotatable bonds is 6. The molecule has 1 atom stereocenters. The zero-order valence-electron chi connectivity index (χ0n) is 19.4. The number of nitrogens with zero attached hydrogens (tertiary/aromatic N) is 3. The molecule has 0 radical (unpaired) electrons. The van der Waals surface area contributed by atoms with Gasteiger partial charge in [0.2, 0.25) is 0 Å². The summed E-state index contributed by atoms with van der Waals surface area (Å²) < 4.78 is 86.1. The molecule has 3 aromatic carbocycles. The van der Waals surface area contributed by atoms with Crippen LogP contribution in [-0.2, 0) is 10.9 Å². The number of halogens is 6. The fourth-order valence-electron chi connectivity index (χ4n) is 3.37. The van der Waals surface area contributed by atoms with E-state index in [-0.39, 0.29) is 11.3 Å². The molecule has 0 saturated carbocycles. The molecule has 0 aliphatic carbocycles. The molecule has 0 fully saturated rings. The molecule has 1 heterocycles. The van der Waals surface area contributed by atoms with Gasteiger partial charge in [0.1, 0.15) is 18.2 Å². The lowest BCUT2D eigenvalue weighted by Gasteiger charge is -2.16. The van der Waals surface area contributed by atoms with Crippen LogP contribution in [0.15, 0.2) is 79.1 Å². The topological polar surface area (TPSA) is 78.3 Å². The van der Waals surface area contributed by atoms with Gasteiger partial charge in [0.15, 0.2) is 5.82 Å². The summed E-state index contributed by atoms with van der Waals surface area (Å²) in [6.45, 7) is 1.46. The molecule has 1 amide bonds. The number of ether oxygens (including phenoxy) is 2. The largest absolute Gasteiger partial charge is 0.573 e. The van der Waals surface area contributed by atoms with Crippen molar-refractivity contribution in [3.8, 4) is 22.8 Å². The Bertz CT molecular complexity index is 1400. The second-order valence-corrected chi connectivity index (χ2v) is 7.93. The van der Waals surface area contributed by atoms with Crippen LogP contribution >= 0.6 is 0 Å². The Morgan fingerprint density at radius 2 is 1.63 bits per heavy atom. The molecule has 1 unspecified atom stereocenters. The van der Waals surface area contributed by atoms with Crippen LogP contribution < -0.4 is 10.1 Å². The maximum Gasteiger partial charge on any atom is 0.573 e. The van der Waals surface area contributed by atoms with E-state index in [0.717, 1.165) is 24.3 Å². The SMILES string of the molecule is CC(OC(=O)Nc1ccc(-c2ncn(-c3ccc(OC(F)(F)F)cc3)n2)cc1)c1cccc(C(F)(F)F)c1. The number of carbonyl (C=O) groups excluding carboxylic acids is 1. The second kappa shape index (κ2) is 10.4. The highest BCUT2D eigenvalue weighted by Crippen LogP contribution is 2.31. The molecule has 0 aliphatic rings. The van der Waals surface area contributed by atoms with E-state index in [2.05, 4.69) is 20.1 Å². The van der Waals surface area contributed by atoms with Crippen LogP contribution in [0.3, 0.4) is 0 Å². The monoisotopic (exact) mass is 536 g/mol. The summed E-state index contributed by atoms with van der Waals surface area (Å²) in [5, 5.41) is 6.79. The van der Waals surface area contributed by atoms with E-state index >= 15 is 0 Å². The molecular formula is C25H18F6N4O3. The van der Waals surface area contributed by atoms with Gasteiger partial charge >= 0.3 is 18.6 Å². The van der Waals surface area contributed by atoms with Crippen molar-refractivity contribution in [3.63, 3.8) is 0 Å². The molecule has 0 spiro atoms. The summed E-state index contributed by atoms with van der Waals surface area (Å²) in [5.41, 5.74) is 0.736.